The molecule has 21 heavy (non-hydrogen) atoms. The smallest absolute Gasteiger partial charge is 0.291 e. The summed E-state index contributed by atoms with van der Waals surface area (Å²) >= 11 is 0. The van der Waals surface area contributed by atoms with E-state index in [9.17, 15) is 9.90 Å². The second-order valence-corrected chi connectivity index (χ2v) is 5.27. The molecular weight excluding hydrogens is 268 g/mol. The highest BCUT2D eigenvalue weighted by Gasteiger charge is 2.26. The van der Waals surface area contributed by atoms with Gasteiger partial charge in [0.2, 0.25) is 5.82 Å². The van der Waals surface area contributed by atoms with E-state index in [1.165, 1.54) is 6.33 Å². The van der Waals surface area contributed by atoms with E-state index in [4.69, 9.17) is 0 Å². The fourth-order valence-electron chi connectivity index (χ4n) is 2.14. The molecule has 0 unspecified atom stereocenters. The van der Waals surface area contributed by atoms with E-state index >= 15 is 0 Å². The van der Waals surface area contributed by atoms with Crippen molar-refractivity contribution in [3.05, 3.63) is 42.5 Å². The van der Waals surface area contributed by atoms with Gasteiger partial charge in [0.05, 0.1) is 17.8 Å². The molecule has 0 saturated heterocycles. The van der Waals surface area contributed by atoms with Crippen LogP contribution < -0.4 is 5.32 Å². The van der Waals surface area contributed by atoms with Crippen molar-refractivity contribution in [3.8, 4) is 5.69 Å². The first-order chi connectivity index (χ1) is 10.1. The Morgan fingerprint density at radius 3 is 2.71 bits per heavy atom. The summed E-state index contributed by atoms with van der Waals surface area (Å²) in [6.45, 7) is 3.69. The van der Waals surface area contributed by atoms with Crippen molar-refractivity contribution in [1.82, 2.24) is 20.1 Å². The van der Waals surface area contributed by atoms with Crippen LogP contribution in [0.4, 0.5) is 0 Å². The molecule has 0 saturated carbocycles. The number of aliphatic hydroxyl groups is 1. The van der Waals surface area contributed by atoms with Crippen LogP contribution in [0.2, 0.25) is 0 Å². The highest BCUT2D eigenvalue weighted by Crippen LogP contribution is 2.12. The Bertz CT molecular complexity index is 597. The van der Waals surface area contributed by atoms with Gasteiger partial charge >= 0.3 is 0 Å². The highest BCUT2D eigenvalue weighted by atomic mass is 16.3. The first-order valence-electron chi connectivity index (χ1n) is 6.98. The monoisotopic (exact) mass is 288 g/mol. The molecular formula is C15H20N4O2. The second-order valence-electron chi connectivity index (χ2n) is 5.27. The molecule has 2 N–H and O–H groups in total. The van der Waals surface area contributed by atoms with Gasteiger partial charge in [0.25, 0.3) is 5.91 Å². The van der Waals surface area contributed by atoms with E-state index in [0.29, 0.717) is 6.42 Å². The Morgan fingerprint density at radius 2 is 2.10 bits per heavy atom. The molecule has 0 aliphatic rings. The van der Waals surface area contributed by atoms with Crippen molar-refractivity contribution in [2.45, 2.75) is 32.2 Å². The molecule has 2 rings (SSSR count). The van der Waals surface area contributed by atoms with Crippen LogP contribution in [-0.2, 0) is 0 Å². The molecule has 0 bridgehead atoms. The minimum Gasteiger partial charge on any atom is -0.394 e. The number of benzene rings is 1. The normalized spacial score (nSPS) is 13.7. The van der Waals surface area contributed by atoms with Crippen LogP contribution in [0.25, 0.3) is 5.69 Å². The van der Waals surface area contributed by atoms with Gasteiger partial charge in [0.1, 0.15) is 6.33 Å². The molecule has 1 amide bonds. The van der Waals surface area contributed by atoms with E-state index in [1.807, 2.05) is 44.2 Å². The fraction of sp³-hybridized carbons (Fsp3) is 0.400. The first kappa shape index (κ1) is 15.2. The van der Waals surface area contributed by atoms with Gasteiger partial charge in [-0.15, -0.1) is 5.10 Å². The molecule has 0 spiro atoms. The lowest BCUT2D eigenvalue weighted by atomic mass is 9.97. The van der Waals surface area contributed by atoms with E-state index in [2.05, 4.69) is 15.4 Å². The van der Waals surface area contributed by atoms with E-state index in [1.54, 1.807) is 4.68 Å². The molecule has 1 aromatic carbocycles. The number of nitrogens with one attached hydrogen (secondary N) is 1. The molecule has 1 atom stereocenters. The average Bonchev–Trinajstić information content (AvgIpc) is 2.98. The predicted octanol–water partition coefficient (Wildman–Crippen LogP) is 1.55. The van der Waals surface area contributed by atoms with Crippen LogP contribution in [0, 0.1) is 0 Å². The molecule has 6 nitrogen and oxygen atoms in total. The topological polar surface area (TPSA) is 80.0 Å². The highest BCUT2D eigenvalue weighted by molar-refractivity contribution is 5.90. The lowest BCUT2D eigenvalue weighted by Crippen LogP contribution is -2.49. The number of aliphatic hydroxyl groups excluding tert-OH is 1. The zero-order valence-electron chi connectivity index (χ0n) is 12.3. The minimum atomic E-state index is -0.649. The first-order valence-corrected chi connectivity index (χ1v) is 6.98. The molecule has 0 radical (unpaired) electrons. The lowest BCUT2D eigenvalue weighted by Gasteiger charge is -2.27. The van der Waals surface area contributed by atoms with Gasteiger partial charge in [-0.2, -0.15) is 0 Å². The second kappa shape index (κ2) is 6.49. The summed E-state index contributed by atoms with van der Waals surface area (Å²) < 4.78 is 1.55. The van der Waals surface area contributed by atoms with Gasteiger partial charge in [-0.1, -0.05) is 31.5 Å². The Morgan fingerprint density at radius 1 is 1.38 bits per heavy atom. The fourth-order valence-corrected chi connectivity index (χ4v) is 2.14. The Balaban J connectivity index is 2.12. The third-order valence-electron chi connectivity index (χ3n) is 3.28. The van der Waals surface area contributed by atoms with Crippen LogP contribution in [0.1, 0.15) is 37.3 Å². The van der Waals surface area contributed by atoms with Crippen molar-refractivity contribution in [2.75, 3.05) is 6.61 Å². The van der Waals surface area contributed by atoms with Crippen molar-refractivity contribution >= 4 is 5.91 Å². The zero-order valence-corrected chi connectivity index (χ0v) is 12.3. The number of amides is 1. The third kappa shape index (κ3) is 3.66. The summed E-state index contributed by atoms with van der Waals surface area (Å²) in [4.78, 5) is 16.2. The van der Waals surface area contributed by atoms with Crippen LogP contribution in [-0.4, -0.2) is 37.9 Å². The van der Waals surface area contributed by atoms with Crippen molar-refractivity contribution in [1.29, 1.82) is 0 Å². The Labute approximate surface area is 123 Å². The Kier molecular flexibility index (Phi) is 4.70. The summed E-state index contributed by atoms with van der Waals surface area (Å²) in [5.41, 5.74) is 0.187. The molecule has 0 aliphatic heterocycles. The quantitative estimate of drug-likeness (QED) is 0.845. The van der Waals surface area contributed by atoms with E-state index < -0.39 is 5.54 Å². The van der Waals surface area contributed by atoms with Crippen LogP contribution in [0.5, 0.6) is 0 Å². The number of para-hydroxylation sites is 1. The maximum absolute atomic E-state index is 12.2. The summed E-state index contributed by atoms with van der Waals surface area (Å²) in [6, 6.07) is 9.45. The number of nitrogens with zero attached hydrogens (tertiary/aromatic N) is 3. The van der Waals surface area contributed by atoms with Gasteiger partial charge < -0.3 is 10.4 Å². The van der Waals surface area contributed by atoms with Gasteiger partial charge in [0, 0.05) is 0 Å². The Hall–Kier alpha value is -2.21. The lowest BCUT2D eigenvalue weighted by molar-refractivity contribution is 0.0830. The van der Waals surface area contributed by atoms with Crippen LogP contribution >= 0.6 is 0 Å². The SMILES string of the molecule is CCC[C@](C)(CO)NC(=O)c1ncn(-c2ccccc2)n1. The summed E-state index contributed by atoms with van der Waals surface area (Å²) in [5.74, 6) is -0.288. The summed E-state index contributed by atoms with van der Waals surface area (Å²) in [7, 11) is 0. The van der Waals surface area contributed by atoms with Crippen LogP contribution in [0.15, 0.2) is 36.7 Å². The number of aromatic nitrogens is 3. The molecule has 112 valence electrons. The molecule has 6 heteroatoms. The van der Waals surface area contributed by atoms with E-state index in [-0.39, 0.29) is 18.3 Å². The summed E-state index contributed by atoms with van der Waals surface area (Å²) in [6.07, 6.45) is 3.05. The molecule has 1 aromatic heterocycles. The molecule has 1 heterocycles. The van der Waals surface area contributed by atoms with Crippen molar-refractivity contribution in [3.63, 3.8) is 0 Å². The maximum atomic E-state index is 12.2. The third-order valence-corrected chi connectivity index (χ3v) is 3.28. The standard InChI is InChI=1S/C15H20N4O2/c1-3-9-15(2,10-20)17-14(21)13-16-11-19(18-13)12-7-5-4-6-8-12/h4-8,11,20H,3,9-10H2,1-2H3,(H,17,21)/t15-/m1/s1. The summed E-state index contributed by atoms with van der Waals surface area (Å²) in [5, 5.41) is 16.4. The number of rotatable bonds is 6. The minimum absolute atomic E-state index is 0.0923. The number of hydrogen-bond donors (Lipinski definition) is 2. The van der Waals surface area contributed by atoms with Gasteiger partial charge in [-0.3, -0.25) is 4.79 Å². The van der Waals surface area contributed by atoms with Crippen molar-refractivity contribution in [2.24, 2.45) is 0 Å². The van der Waals surface area contributed by atoms with Crippen molar-refractivity contribution < 1.29 is 9.90 Å². The molecule has 0 fully saturated rings. The average molecular weight is 288 g/mol. The maximum Gasteiger partial charge on any atom is 0.291 e. The number of hydrogen-bond acceptors (Lipinski definition) is 4. The molecule has 0 aliphatic carbocycles. The largest absolute Gasteiger partial charge is 0.394 e. The van der Waals surface area contributed by atoms with Crippen LogP contribution in [0.3, 0.4) is 0 Å². The van der Waals surface area contributed by atoms with Gasteiger partial charge in [-0.25, -0.2) is 9.67 Å². The van der Waals surface area contributed by atoms with E-state index in [0.717, 1.165) is 12.1 Å². The number of carbonyl (C=O) groups is 1. The number of carbonyl (C=O) groups excluding carboxylic acids is 1. The predicted molar refractivity (Wildman–Crippen MR) is 79.2 cm³/mol. The van der Waals surface area contributed by atoms with Gasteiger partial charge in [-0.05, 0) is 25.5 Å². The zero-order chi connectivity index (χ0) is 15.3. The molecule has 2 aromatic rings. The van der Waals surface area contributed by atoms with Gasteiger partial charge in [0.15, 0.2) is 0 Å².